The Balaban J connectivity index is 2.03. The molecule has 1 aliphatic heterocycles. The van der Waals surface area contributed by atoms with Crippen LogP contribution in [0.3, 0.4) is 0 Å². The number of quaternary nitrogens is 1. The van der Waals surface area contributed by atoms with Gasteiger partial charge in [0.25, 0.3) is 6.23 Å². The Morgan fingerprint density at radius 1 is 0.889 bits per heavy atom. The van der Waals surface area contributed by atoms with Gasteiger partial charge >= 0.3 is 0 Å². The van der Waals surface area contributed by atoms with E-state index in [1.54, 1.807) is 6.26 Å². The van der Waals surface area contributed by atoms with Crippen LogP contribution in [-0.4, -0.2) is 7.05 Å². The highest BCUT2D eigenvalue weighted by molar-refractivity contribution is 5.47. The summed E-state index contributed by atoms with van der Waals surface area (Å²) in [6, 6.07) is 20.8. The number of nitrogens with zero attached hydrogens (tertiary/aromatic N) is 1. The maximum atomic E-state index is 5.80. The average Bonchev–Trinajstić information content (AvgIpc) is 2.84. The van der Waals surface area contributed by atoms with Crippen molar-refractivity contribution in [1.82, 2.24) is 4.48 Å². The number of rotatable bonds is 2. The lowest BCUT2D eigenvalue weighted by molar-refractivity contribution is 0.0755. The van der Waals surface area contributed by atoms with E-state index in [4.69, 9.17) is 4.74 Å². The fraction of sp³-hybridized carbons (Fsp3) is 0.125. The highest BCUT2D eigenvalue weighted by atomic mass is 16.5. The molecule has 1 aliphatic rings. The van der Waals surface area contributed by atoms with Gasteiger partial charge < -0.3 is 4.74 Å². The Morgan fingerprint density at radius 2 is 1.50 bits per heavy atom. The molecule has 0 aromatic heterocycles. The largest absolute Gasteiger partial charge is 0.440 e. The third-order valence-corrected chi connectivity index (χ3v) is 3.46. The molecule has 2 aromatic carbocycles. The van der Waals surface area contributed by atoms with E-state index in [9.17, 15) is 0 Å². The van der Waals surface area contributed by atoms with Gasteiger partial charge in [0.1, 0.15) is 18.1 Å². The number of para-hydroxylation sites is 1. The van der Waals surface area contributed by atoms with Crippen LogP contribution in [0.2, 0.25) is 0 Å². The first-order chi connectivity index (χ1) is 8.81. The van der Waals surface area contributed by atoms with E-state index >= 15 is 0 Å². The Kier molecular flexibility index (Phi) is 2.65. The molecular formula is C16H16NO+. The Labute approximate surface area is 107 Å². The number of benzene rings is 2. The summed E-state index contributed by atoms with van der Waals surface area (Å²) in [6.45, 7) is 0. The highest BCUT2D eigenvalue weighted by Gasteiger charge is 2.39. The highest BCUT2D eigenvalue weighted by Crippen LogP contribution is 2.38. The fourth-order valence-corrected chi connectivity index (χ4v) is 2.42. The molecule has 2 heteroatoms. The van der Waals surface area contributed by atoms with Crippen molar-refractivity contribution in [1.29, 1.82) is 0 Å². The van der Waals surface area contributed by atoms with Gasteiger partial charge in [-0.15, -0.1) is 0 Å². The van der Waals surface area contributed by atoms with E-state index in [-0.39, 0.29) is 6.23 Å². The first-order valence-electron chi connectivity index (χ1n) is 6.10. The predicted molar refractivity (Wildman–Crippen MR) is 73.6 cm³/mol. The zero-order chi connectivity index (χ0) is 12.4. The van der Waals surface area contributed by atoms with E-state index in [1.807, 2.05) is 24.3 Å². The van der Waals surface area contributed by atoms with Gasteiger partial charge in [0.15, 0.2) is 0 Å². The van der Waals surface area contributed by atoms with Crippen LogP contribution in [0.4, 0.5) is 5.69 Å². The van der Waals surface area contributed by atoms with Gasteiger partial charge in [-0.2, -0.15) is 0 Å². The fourth-order valence-electron chi connectivity index (χ4n) is 2.42. The first-order valence-corrected chi connectivity index (χ1v) is 6.10. The lowest BCUT2D eigenvalue weighted by atomic mass is 10.1. The molecule has 0 spiro atoms. The molecule has 2 nitrogen and oxygen atoms in total. The minimum absolute atomic E-state index is 0.00593. The van der Waals surface area contributed by atoms with E-state index in [1.165, 1.54) is 11.3 Å². The van der Waals surface area contributed by atoms with Crippen LogP contribution in [0.1, 0.15) is 11.8 Å². The van der Waals surface area contributed by atoms with Gasteiger partial charge in [0.2, 0.25) is 0 Å². The van der Waals surface area contributed by atoms with E-state index in [0.717, 1.165) is 0 Å². The third kappa shape index (κ3) is 1.71. The maximum Gasteiger partial charge on any atom is 0.268 e. The Bertz CT molecular complexity index is 550. The molecule has 0 saturated carbocycles. The second-order valence-electron chi connectivity index (χ2n) is 4.67. The summed E-state index contributed by atoms with van der Waals surface area (Å²) in [5, 5.41) is 0. The second kappa shape index (κ2) is 4.31. The average molecular weight is 238 g/mol. The zero-order valence-electron chi connectivity index (χ0n) is 10.4. The molecule has 90 valence electrons. The molecule has 0 radical (unpaired) electrons. The summed E-state index contributed by atoms with van der Waals surface area (Å²) in [6.07, 6.45) is 3.88. The summed E-state index contributed by atoms with van der Waals surface area (Å²) < 4.78 is 6.44. The van der Waals surface area contributed by atoms with Crippen LogP contribution >= 0.6 is 0 Å². The molecule has 0 bridgehead atoms. The molecule has 3 rings (SSSR count). The van der Waals surface area contributed by atoms with Crippen LogP contribution in [-0.2, 0) is 4.74 Å². The summed E-state index contributed by atoms with van der Waals surface area (Å²) in [5.74, 6) is 0. The van der Waals surface area contributed by atoms with Crippen LogP contribution in [0.15, 0.2) is 73.1 Å². The van der Waals surface area contributed by atoms with Crippen LogP contribution in [0, 0.1) is 0 Å². The van der Waals surface area contributed by atoms with Crippen LogP contribution in [0.5, 0.6) is 0 Å². The minimum atomic E-state index is -0.00593. The van der Waals surface area contributed by atoms with Crippen molar-refractivity contribution in [3.8, 4) is 0 Å². The van der Waals surface area contributed by atoms with Crippen molar-refractivity contribution in [3.63, 3.8) is 0 Å². The lowest BCUT2D eigenvalue weighted by Crippen LogP contribution is -2.40. The lowest BCUT2D eigenvalue weighted by Gasteiger charge is -2.31. The van der Waals surface area contributed by atoms with E-state index in [0.29, 0.717) is 4.48 Å². The van der Waals surface area contributed by atoms with Crippen molar-refractivity contribution in [2.75, 3.05) is 7.05 Å². The third-order valence-electron chi connectivity index (χ3n) is 3.46. The summed E-state index contributed by atoms with van der Waals surface area (Å²) >= 11 is 0. The summed E-state index contributed by atoms with van der Waals surface area (Å²) in [4.78, 5) is 0. The minimum Gasteiger partial charge on any atom is -0.440 e. The molecule has 0 amide bonds. The molecule has 2 unspecified atom stereocenters. The standard InChI is InChI=1S/C16H16NO/c1-17(15-10-6-3-7-11-15)12-13-18-16(17)14-8-4-2-5-9-14/h2-13,16H,1H3/q+1. The number of hydrogen-bond donors (Lipinski definition) is 0. The smallest absolute Gasteiger partial charge is 0.268 e. The van der Waals surface area contributed by atoms with Crippen molar-refractivity contribution in [3.05, 3.63) is 78.7 Å². The molecule has 2 atom stereocenters. The molecule has 0 fully saturated rings. The van der Waals surface area contributed by atoms with Gasteiger partial charge in [-0.05, 0) is 24.3 Å². The SMILES string of the molecule is C[N+]1(c2ccccc2)C=COC1c1ccccc1. The predicted octanol–water partition coefficient (Wildman–Crippen LogP) is 3.82. The zero-order valence-corrected chi connectivity index (χ0v) is 10.4. The summed E-state index contributed by atoms with van der Waals surface area (Å²) in [7, 11) is 2.16. The van der Waals surface area contributed by atoms with Crippen molar-refractivity contribution >= 4 is 5.69 Å². The Morgan fingerprint density at radius 3 is 2.17 bits per heavy atom. The molecule has 1 heterocycles. The summed E-state index contributed by atoms with van der Waals surface area (Å²) in [5.41, 5.74) is 2.41. The molecule has 0 N–H and O–H groups in total. The topological polar surface area (TPSA) is 9.23 Å². The second-order valence-corrected chi connectivity index (χ2v) is 4.67. The van der Waals surface area contributed by atoms with Crippen molar-refractivity contribution < 1.29 is 4.74 Å². The molecule has 0 aliphatic carbocycles. The van der Waals surface area contributed by atoms with Gasteiger partial charge in [-0.25, -0.2) is 4.48 Å². The van der Waals surface area contributed by atoms with Gasteiger partial charge in [0, 0.05) is 0 Å². The van der Waals surface area contributed by atoms with Crippen LogP contribution < -0.4 is 4.48 Å². The monoisotopic (exact) mass is 238 g/mol. The number of ether oxygens (including phenoxy) is 1. The van der Waals surface area contributed by atoms with Gasteiger partial charge in [-0.3, -0.25) is 0 Å². The molecule has 18 heavy (non-hydrogen) atoms. The van der Waals surface area contributed by atoms with Crippen LogP contribution in [0.25, 0.3) is 0 Å². The maximum absolute atomic E-state index is 5.80. The molecular weight excluding hydrogens is 222 g/mol. The van der Waals surface area contributed by atoms with Gasteiger partial charge in [-0.1, -0.05) is 36.4 Å². The Hall–Kier alpha value is -2.06. The van der Waals surface area contributed by atoms with Gasteiger partial charge in [0.05, 0.1) is 12.6 Å². The first kappa shape index (κ1) is 11.1. The van der Waals surface area contributed by atoms with Crippen molar-refractivity contribution in [2.45, 2.75) is 6.23 Å². The van der Waals surface area contributed by atoms with Crippen molar-refractivity contribution in [2.24, 2.45) is 0 Å². The van der Waals surface area contributed by atoms with E-state index < -0.39 is 0 Å². The molecule has 0 saturated heterocycles. The molecule has 2 aromatic rings. The number of hydrogen-bond acceptors (Lipinski definition) is 1. The van der Waals surface area contributed by atoms with E-state index in [2.05, 4.69) is 49.6 Å². The normalized spacial score (nSPS) is 25.9. The quantitative estimate of drug-likeness (QED) is 0.723.